The van der Waals surface area contributed by atoms with Gasteiger partial charge in [0.05, 0.1) is 0 Å². The monoisotopic (exact) mass is 286 g/mol. The van der Waals surface area contributed by atoms with Crippen LogP contribution in [0, 0.1) is 5.41 Å². The second-order valence-corrected chi connectivity index (χ2v) is 6.17. The standard InChI is InChI=1S/C14H22N2S.ClH/c1-14(8-9-15-10-14)11-16(2)12-4-6-13(17-3)7-5-12;/h4-7,15H,8-11H2,1-3H3;1H. The molecule has 0 saturated carbocycles. The average Bonchev–Trinajstić information content (AvgIpc) is 2.76. The van der Waals surface area contributed by atoms with Gasteiger partial charge in [-0.1, -0.05) is 6.92 Å². The van der Waals surface area contributed by atoms with Crippen LogP contribution < -0.4 is 10.2 Å². The van der Waals surface area contributed by atoms with Crippen molar-refractivity contribution in [3.63, 3.8) is 0 Å². The van der Waals surface area contributed by atoms with Crippen LogP contribution in [0.2, 0.25) is 0 Å². The van der Waals surface area contributed by atoms with Gasteiger partial charge in [-0.05, 0) is 48.9 Å². The summed E-state index contributed by atoms with van der Waals surface area (Å²) in [6, 6.07) is 8.84. The minimum absolute atomic E-state index is 0. The second-order valence-electron chi connectivity index (χ2n) is 5.29. The lowest BCUT2D eigenvalue weighted by molar-refractivity contribution is 0.371. The molecule has 1 unspecified atom stereocenters. The SMILES string of the molecule is CSc1ccc(N(C)CC2(C)CCNC2)cc1.Cl. The van der Waals surface area contributed by atoms with Crippen molar-refractivity contribution in [2.45, 2.75) is 18.2 Å². The highest BCUT2D eigenvalue weighted by molar-refractivity contribution is 7.98. The number of hydrogen-bond acceptors (Lipinski definition) is 3. The van der Waals surface area contributed by atoms with Crippen molar-refractivity contribution < 1.29 is 0 Å². The second kappa shape index (κ2) is 6.69. The number of thioether (sulfide) groups is 1. The lowest BCUT2D eigenvalue weighted by atomic mass is 9.89. The summed E-state index contributed by atoms with van der Waals surface area (Å²) in [6.45, 7) is 5.80. The minimum Gasteiger partial charge on any atom is -0.374 e. The van der Waals surface area contributed by atoms with E-state index >= 15 is 0 Å². The molecule has 1 aliphatic heterocycles. The van der Waals surface area contributed by atoms with Crippen molar-refractivity contribution in [1.82, 2.24) is 5.32 Å². The van der Waals surface area contributed by atoms with Crippen molar-refractivity contribution in [2.24, 2.45) is 5.41 Å². The highest BCUT2D eigenvalue weighted by atomic mass is 35.5. The summed E-state index contributed by atoms with van der Waals surface area (Å²) in [6.07, 6.45) is 3.39. The van der Waals surface area contributed by atoms with Crippen molar-refractivity contribution >= 4 is 29.9 Å². The Morgan fingerprint density at radius 2 is 2.00 bits per heavy atom. The van der Waals surface area contributed by atoms with E-state index in [1.165, 1.54) is 17.0 Å². The van der Waals surface area contributed by atoms with Crippen molar-refractivity contribution in [1.29, 1.82) is 0 Å². The number of anilines is 1. The molecule has 1 aromatic carbocycles. The van der Waals surface area contributed by atoms with Gasteiger partial charge in [0.1, 0.15) is 0 Å². The Kier molecular flexibility index (Phi) is 5.83. The Morgan fingerprint density at radius 3 is 2.50 bits per heavy atom. The molecule has 1 atom stereocenters. The molecule has 0 amide bonds. The highest BCUT2D eigenvalue weighted by Crippen LogP contribution is 2.28. The summed E-state index contributed by atoms with van der Waals surface area (Å²) < 4.78 is 0. The quantitative estimate of drug-likeness (QED) is 0.856. The fourth-order valence-electron chi connectivity index (χ4n) is 2.50. The molecular formula is C14H23ClN2S. The Morgan fingerprint density at radius 1 is 1.33 bits per heavy atom. The first kappa shape index (κ1) is 15.7. The van der Waals surface area contributed by atoms with Crippen molar-refractivity contribution in [3.05, 3.63) is 24.3 Å². The third-order valence-corrected chi connectivity index (χ3v) is 4.33. The zero-order chi connectivity index (χ0) is 12.3. The first-order chi connectivity index (χ1) is 8.13. The van der Waals surface area contributed by atoms with Crippen LogP contribution in [-0.2, 0) is 0 Å². The van der Waals surface area contributed by atoms with Crippen LogP contribution >= 0.6 is 24.2 Å². The average molecular weight is 287 g/mol. The summed E-state index contributed by atoms with van der Waals surface area (Å²) in [5.41, 5.74) is 1.74. The Labute approximate surface area is 121 Å². The molecule has 1 aromatic rings. The van der Waals surface area contributed by atoms with E-state index in [9.17, 15) is 0 Å². The molecule has 102 valence electrons. The van der Waals surface area contributed by atoms with E-state index in [2.05, 4.69) is 54.7 Å². The van der Waals surface area contributed by atoms with Gasteiger partial charge in [-0.25, -0.2) is 0 Å². The van der Waals surface area contributed by atoms with E-state index < -0.39 is 0 Å². The Hall–Kier alpha value is -0.380. The minimum atomic E-state index is 0. The summed E-state index contributed by atoms with van der Waals surface area (Å²) in [5.74, 6) is 0. The predicted molar refractivity (Wildman–Crippen MR) is 84.3 cm³/mol. The van der Waals surface area contributed by atoms with Crippen molar-refractivity contribution in [3.8, 4) is 0 Å². The van der Waals surface area contributed by atoms with Gasteiger partial charge in [-0.2, -0.15) is 0 Å². The van der Waals surface area contributed by atoms with E-state index in [1.807, 2.05) is 0 Å². The zero-order valence-electron chi connectivity index (χ0n) is 11.4. The van der Waals surface area contributed by atoms with Crippen molar-refractivity contribution in [2.75, 3.05) is 37.8 Å². The predicted octanol–water partition coefficient (Wildman–Crippen LogP) is 3.27. The maximum Gasteiger partial charge on any atom is 0.0364 e. The number of benzene rings is 1. The van der Waals surface area contributed by atoms with Gasteiger partial charge in [0, 0.05) is 30.7 Å². The molecule has 0 spiro atoms. The molecular weight excluding hydrogens is 264 g/mol. The Balaban J connectivity index is 0.00000162. The number of hydrogen-bond donors (Lipinski definition) is 1. The molecule has 1 fully saturated rings. The molecule has 0 bridgehead atoms. The molecule has 1 aliphatic rings. The summed E-state index contributed by atoms with van der Waals surface area (Å²) in [5, 5.41) is 3.46. The number of rotatable bonds is 4. The lowest BCUT2D eigenvalue weighted by Crippen LogP contribution is -2.35. The van der Waals surface area contributed by atoms with Crippen LogP contribution in [-0.4, -0.2) is 32.9 Å². The third-order valence-electron chi connectivity index (χ3n) is 3.59. The van der Waals surface area contributed by atoms with Crippen LogP contribution in [0.15, 0.2) is 29.2 Å². The van der Waals surface area contributed by atoms with Gasteiger partial charge in [0.25, 0.3) is 0 Å². The fourth-order valence-corrected chi connectivity index (χ4v) is 2.91. The summed E-state index contributed by atoms with van der Waals surface area (Å²) in [7, 11) is 2.19. The maximum atomic E-state index is 3.46. The fraction of sp³-hybridized carbons (Fsp3) is 0.571. The molecule has 4 heteroatoms. The number of halogens is 1. The van der Waals surface area contributed by atoms with E-state index in [4.69, 9.17) is 0 Å². The molecule has 0 aliphatic carbocycles. The van der Waals surface area contributed by atoms with Crippen LogP contribution in [0.3, 0.4) is 0 Å². The largest absolute Gasteiger partial charge is 0.374 e. The summed E-state index contributed by atoms with van der Waals surface area (Å²) >= 11 is 1.79. The zero-order valence-corrected chi connectivity index (χ0v) is 13.0. The summed E-state index contributed by atoms with van der Waals surface area (Å²) in [4.78, 5) is 3.70. The van der Waals surface area contributed by atoms with Crippen LogP contribution in [0.5, 0.6) is 0 Å². The lowest BCUT2D eigenvalue weighted by Gasteiger charge is -2.30. The first-order valence-corrected chi connectivity index (χ1v) is 7.41. The van der Waals surface area contributed by atoms with Gasteiger partial charge in [0.2, 0.25) is 0 Å². The number of nitrogens with one attached hydrogen (secondary N) is 1. The van der Waals surface area contributed by atoms with Gasteiger partial charge in [0.15, 0.2) is 0 Å². The molecule has 18 heavy (non-hydrogen) atoms. The van der Waals surface area contributed by atoms with E-state index in [0.29, 0.717) is 5.41 Å². The number of nitrogens with zero attached hydrogens (tertiary/aromatic N) is 1. The maximum absolute atomic E-state index is 3.46. The normalized spacial score (nSPS) is 22.6. The molecule has 2 rings (SSSR count). The molecule has 2 nitrogen and oxygen atoms in total. The smallest absolute Gasteiger partial charge is 0.0364 e. The molecule has 1 heterocycles. The van der Waals surface area contributed by atoms with Gasteiger partial charge in [-0.15, -0.1) is 24.2 Å². The van der Waals surface area contributed by atoms with Crippen LogP contribution in [0.25, 0.3) is 0 Å². The molecule has 0 aromatic heterocycles. The van der Waals surface area contributed by atoms with E-state index in [-0.39, 0.29) is 12.4 Å². The Bertz CT molecular complexity index is 361. The van der Waals surface area contributed by atoms with E-state index in [1.54, 1.807) is 11.8 Å². The third kappa shape index (κ3) is 3.81. The highest BCUT2D eigenvalue weighted by Gasteiger charge is 2.29. The first-order valence-electron chi connectivity index (χ1n) is 6.19. The van der Waals surface area contributed by atoms with Crippen LogP contribution in [0.4, 0.5) is 5.69 Å². The molecule has 1 saturated heterocycles. The van der Waals surface area contributed by atoms with Gasteiger partial charge in [-0.3, -0.25) is 0 Å². The van der Waals surface area contributed by atoms with Crippen LogP contribution in [0.1, 0.15) is 13.3 Å². The molecule has 0 radical (unpaired) electrons. The van der Waals surface area contributed by atoms with Gasteiger partial charge < -0.3 is 10.2 Å². The molecule has 1 N–H and O–H groups in total. The topological polar surface area (TPSA) is 15.3 Å². The van der Waals surface area contributed by atoms with E-state index in [0.717, 1.165) is 19.6 Å². The van der Waals surface area contributed by atoms with Gasteiger partial charge >= 0.3 is 0 Å².